The van der Waals surface area contributed by atoms with Gasteiger partial charge < -0.3 is 9.64 Å². The van der Waals surface area contributed by atoms with E-state index >= 15 is 0 Å². The van der Waals surface area contributed by atoms with Crippen molar-refractivity contribution in [3.05, 3.63) is 83.9 Å². The summed E-state index contributed by atoms with van der Waals surface area (Å²) in [6.07, 6.45) is 6.09. The first-order chi connectivity index (χ1) is 17.5. The zero-order chi connectivity index (χ0) is 25.2. The summed E-state index contributed by atoms with van der Waals surface area (Å²) < 4.78 is 5.17. The molecule has 0 radical (unpaired) electrons. The Hall–Kier alpha value is -3.66. The van der Waals surface area contributed by atoms with Crippen LogP contribution in [-0.2, 0) is 4.74 Å². The number of methoxy groups -OCH3 is 1. The number of carbonyl (C=O) groups excluding carboxylic acids is 2. The molecule has 36 heavy (non-hydrogen) atoms. The van der Waals surface area contributed by atoms with Crippen molar-refractivity contribution in [2.24, 2.45) is 5.92 Å². The average Bonchev–Trinajstić information content (AvgIpc) is 2.94. The molecule has 1 aliphatic carbocycles. The Bertz CT molecular complexity index is 1430. The van der Waals surface area contributed by atoms with Gasteiger partial charge in [-0.1, -0.05) is 67.8 Å². The molecule has 1 fully saturated rings. The highest BCUT2D eigenvalue weighted by molar-refractivity contribution is 6.10. The molecule has 5 rings (SSSR count). The third-order valence-electron chi connectivity index (χ3n) is 7.96. The molecule has 0 unspecified atom stereocenters. The smallest absolute Gasteiger partial charge is 0.338 e. The Kier molecular flexibility index (Phi) is 6.77. The van der Waals surface area contributed by atoms with E-state index in [0.29, 0.717) is 22.6 Å². The number of fused-ring (bicyclic) bond motifs is 2. The van der Waals surface area contributed by atoms with Crippen LogP contribution in [0.3, 0.4) is 0 Å². The van der Waals surface area contributed by atoms with E-state index in [1.165, 1.54) is 39.2 Å². The second-order valence-corrected chi connectivity index (χ2v) is 10.0. The van der Waals surface area contributed by atoms with Crippen LogP contribution in [0.4, 0.5) is 0 Å². The molecular weight excluding hydrogens is 446 g/mol. The molecular formula is C32H33NO3. The lowest BCUT2D eigenvalue weighted by molar-refractivity contribution is 0.0600. The van der Waals surface area contributed by atoms with Crippen molar-refractivity contribution in [1.29, 1.82) is 0 Å². The van der Waals surface area contributed by atoms with Gasteiger partial charge in [-0.05, 0) is 82.6 Å². The monoisotopic (exact) mass is 479 g/mol. The van der Waals surface area contributed by atoms with Crippen LogP contribution in [0.2, 0.25) is 0 Å². The lowest BCUT2D eigenvalue weighted by atomic mass is 9.83. The first kappa shape index (κ1) is 24.1. The standard InChI is InChI=1S/C32H33NO3/c1-21(22-11-5-4-6-12-22)33(2)31(34)29-19-25-15-9-7-13-23(25)17-27(29)28-18-24-14-8-10-16-26(24)20-30(28)32(35)36-3/h7-10,13-22H,4-6,11-12H2,1-3H3/t21-/m0/s1. The van der Waals surface area contributed by atoms with E-state index in [0.717, 1.165) is 27.1 Å². The van der Waals surface area contributed by atoms with Gasteiger partial charge in [0.25, 0.3) is 5.91 Å². The number of rotatable bonds is 5. The Labute approximate surface area is 212 Å². The summed E-state index contributed by atoms with van der Waals surface area (Å²) in [4.78, 5) is 28.9. The van der Waals surface area contributed by atoms with Crippen molar-refractivity contribution in [1.82, 2.24) is 4.90 Å². The Morgan fingerprint density at radius 3 is 1.78 bits per heavy atom. The molecule has 4 heteroatoms. The summed E-state index contributed by atoms with van der Waals surface area (Å²) in [5.41, 5.74) is 2.55. The molecule has 0 bridgehead atoms. The third-order valence-corrected chi connectivity index (χ3v) is 7.96. The predicted molar refractivity (Wildman–Crippen MR) is 146 cm³/mol. The fourth-order valence-corrected chi connectivity index (χ4v) is 5.69. The van der Waals surface area contributed by atoms with Crippen LogP contribution in [0, 0.1) is 5.92 Å². The van der Waals surface area contributed by atoms with Gasteiger partial charge in [0.2, 0.25) is 0 Å². The number of carbonyl (C=O) groups is 2. The molecule has 1 amide bonds. The molecule has 1 atom stereocenters. The van der Waals surface area contributed by atoms with E-state index in [1.54, 1.807) is 0 Å². The minimum atomic E-state index is -0.411. The first-order valence-electron chi connectivity index (χ1n) is 12.9. The lowest BCUT2D eigenvalue weighted by Crippen LogP contribution is -2.40. The van der Waals surface area contributed by atoms with Crippen molar-refractivity contribution in [3.8, 4) is 11.1 Å². The van der Waals surface area contributed by atoms with Crippen molar-refractivity contribution in [3.63, 3.8) is 0 Å². The van der Waals surface area contributed by atoms with Crippen LogP contribution in [0.25, 0.3) is 32.7 Å². The van der Waals surface area contributed by atoms with Gasteiger partial charge in [0.1, 0.15) is 0 Å². The molecule has 0 aliphatic heterocycles. The molecule has 1 aliphatic rings. The van der Waals surface area contributed by atoms with E-state index in [2.05, 4.69) is 6.92 Å². The van der Waals surface area contributed by atoms with E-state index in [1.807, 2.05) is 84.7 Å². The molecule has 1 saturated carbocycles. The number of amides is 1. The zero-order valence-corrected chi connectivity index (χ0v) is 21.3. The average molecular weight is 480 g/mol. The second kappa shape index (κ2) is 10.1. The third kappa shape index (κ3) is 4.48. The van der Waals surface area contributed by atoms with Gasteiger partial charge in [-0.2, -0.15) is 0 Å². The summed E-state index contributed by atoms with van der Waals surface area (Å²) in [6, 6.07) is 24.0. The van der Waals surface area contributed by atoms with Crippen molar-refractivity contribution in [2.45, 2.75) is 45.1 Å². The molecule has 4 aromatic carbocycles. The molecule has 4 nitrogen and oxygen atoms in total. The summed E-state index contributed by atoms with van der Waals surface area (Å²) in [5, 5.41) is 3.99. The second-order valence-electron chi connectivity index (χ2n) is 10.0. The van der Waals surface area contributed by atoms with E-state index in [-0.39, 0.29) is 11.9 Å². The van der Waals surface area contributed by atoms with Crippen molar-refractivity contribution < 1.29 is 14.3 Å². The quantitative estimate of drug-likeness (QED) is 0.279. The van der Waals surface area contributed by atoms with E-state index in [4.69, 9.17) is 4.74 Å². The van der Waals surface area contributed by atoms with Crippen molar-refractivity contribution in [2.75, 3.05) is 14.2 Å². The number of benzene rings is 4. The molecule has 4 aromatic rings. The minimum Gasteiger partial charge on any atom is -0.465 e. The highest BCUT2D eigenvalue weighted by Gasteiger charge is 2.29. The Morgan fingerprint density at radius 2 is 1.25 bits per heavy atom. The largest absolute Gasteiger partial charge is 0.465 e. The number of hydrogen-bond acceptors (Lipinski definition) is 3. The summed E-state index contributed by atoms with van der Waals surface area (Å²) in [6.45, 7) is 2.17. The molecule has 0 heterocycles. The molecule has 0 aromatic heterocycles. The lowest BCUT2D eigenvalue weighted by Gasteiger charge is -2.34. The fraction of sp³-hybridized carbons (Fsp3) is 0.312. The first-order valence-corrected chi connectivity index (χ1v) is 12.9. The van der Waals surface area contributed by atoms with E-state index in [9.17, 15) is 9.59 Å². The topological polar surface area (TPSA) is 46.6 Å². The van der Waals surface area contributed by atoms with Crippen LogP contribution in [0.5, 0.6) is 0 Å². The van der Waals surface area contributed by atoms with Gasteiger partial charge in [-0.3, -0.25) is 4.79 Å². The van der Waals surface area contributed by atoms with Crippen LogP contribution >= 0.6 is 0 Å². The zero-order valence-electron chi connectivity index (χ0n) is 21.3. The van der Waals surface area contributed by atoms with E-state index < -0.39 is 5.97 Å². The SMILES string of the molecule is COC(=O)c1cc2ccccc2cc1-c1cc2ccccc2cc1C(=O)N(C)[C@@H](C)C1CCCCC1. The van der Waals surface area contributed by atoms with Gasteiger partial charge in [0, 0.05) is 18.7 Å². The number of ether oxygens (including phenoxy) is 1. The highest BCUT2D eigenvalue weighted by Crippen LogP contribution is 2.36. The maximum absolute atomic E-state index is 14.1. The van der Waals surface area contributed by atoms with Gasteiger partial charge in [-0.25, -0.2) is 4.79 Å². The highest BCUT2D eigenvalue weighted by atomic mass is 16.5. The minimum absolute atomic E-state index is 0.0159. The van der Waals surface area contributed by atoms with Crippen LogP contribution in [0.1, 0.15) is 59.7 Å². The summed E-state index contributed by atoms with van der Waals surface area (Å²) >= 11 is 0. The van der Waals surface area contributed by atoms with Gasteiger partial charge in [0.05, 0.1) is 12.7 Å². The number of hydrogen-bond donors (Lipinski definition) is 0. The maximum atomic E-state index is 14.1. The summed E-state index contributed by atoms with van der Waals surface area (Å²) in [5.74, 6) is 0.0898. The maximum Gasteiger partial charge on any atom is 0.338 e. The van der Waals surface area contributed by atoms with Gasteiger partial charge in [-0.15, -0.1) is 0 Å². The van der Waals surface area contributed by atoms with Gasteiger partial charge >= 0.3 is 5.97 Å². The molecule has 0 N–H and O–H groups in total. The predicted octanol–water partition coefficient (Wildman–Crippen LogP) is 7.49. The Balaban J connectivity index is 1.69. The molecule has 0 spiro atoms. The van der Waals surface area contributed by atoms with Crippen molar-refractivity contribution >= 4 is 33.4 Å². The number of nitrogens with zero attached hydrogens (tertiary/aromatic N) is 1. The Morgan fingerprint density at radius 1 is 0.778 bits per heavy atom. The van der Waals surface area contributed by atoms with Crippen LogP contribution < -0.4 is 0 Å². The number of esters is 1. The fourth-order valence-electron chi connectivity index (χ4n) is 5.69. The van der Waals surface area contributed by atoms with Gasteiger partial charge in [0.15, 0.2) is 0 Å². The van der Waals surface area contributed by atoms with Crippen LogP contribution in [-0.4, -0.2) is 37.0 Å². The summed E-state index contributed by atoms with van der Waals surface area (Å²) in [7, 11) is 3.32. The van der Waals surface area contributed by atoms with Crippen LogP contribution in [0.15, 0.2) is 72.8 Å². The normalized spacial score (nSPS) is 15.1. The molecule has 184 valence electrons. The molecule has 0 saturated heterocycles.